The molecule has 1 aromatic carbocycles. The maximum Gasteiger partial charge on any atom is 0.147 e. The molecule has 0 N–H and O–H groups in total. The molecule has 78 valence electrons. The Bertz CT molecular complexity index is 312. The lowest BCUT2D eigenvalue weighted by atomic mass is 10.0. The molecular weight excluding hydrogens is 197 g/mol. The number of rotatable bonds is 3. The Morgan fingerprint density at radius 2 is 2.00 bits per heavy atom. The van der Waals surface area contributed by atoms with E-state index in [1.165, 1.54) is 18.0 Å². The minimum absolute atomic E-state index is 0.145. The highest BCUT2D eigenvalue weighted by molar-refractivity contribution is 7.99. The zero-order valence-corrected chi connectivity index (χ0v) is 9.86. The van der Waals surface area contributed by atoms with Crippen molar-refractivity contribution < 1.29 is 4.39 Å². The van der Waals surface area contributed by atoms with Crippen molar-refractivity contribution in [3.8, 4) is 0 Å². The van der Waals surface area contributed by atoms with Crippen LogP contribution in [0.4, 0.5) is 10.1 Å². The Labute approximate surface area is 89.4 Å². The van der Waals surface area contributed by atoms with Crippen molar-refractivity contribution in [1.82, 2.24) is 0 Å². The first-order chi connectivity index (χ1) is 6.57. The molecule has 14 heavy (non-hydrogen) atoms. The van der Waals surface area contributed by atoms with Gasteiger partial charge in [0.05, 0.1) is 5.69 Å². The number of hydrogen-bond acceptors (Lipinski definition) is 2. The highest BCUT2D eigenvalue weighted by Gasteiger charge is 2.14. The number of anilines is 1. The van der Waals surface area contributed by atoms with Gasteiger partial charge in [-0.1, -0.05) is 37.9 Å². The number of nitrogens with zero attached hydrogens (tertiary/aromatic N) is 1. The maximum atomic E-state index is 13.6. The SMILES string of the molecule is CSN(C)c1c(F)cccc1C(C)C. The molecule has 1 nitrogen and oxygen atoms in total. The van der Waals surface area contributed by atoms with Crippen LogP contribution in [-0.2, 0) is 0 Å². The van der Waals surface area contributed by atoms with Crippen LogP contribution in [0.5, 0.6) is 0 Å². The molecule has 0 amide bonds. The van der Waals surface area contributed by atoms with Crippen LogP contribution in [-0.4, -0.2) is 13.3 Å². The van der Waals surface area contributed by atoms with Crippen LogP contribution in [0.15, 0.2) is 18.2 Å². The van der Waals surface area contributed by atoms with Gasteiger partial charge in [0.15, 0.2) is 0 Å². The molecule has 0 fully saturated rings. The fraction of sp³-hybridized carbons (Fsp3) is 0.455. The Morgan fingerprint density at radius 1 is 1.36 bits per heavy atom. The van der Waals surface area contributed by atoms with E-state index in [-0.39, 0.29) is 5.82 Å². The van der Waals surface area contributed by atoms with Gasteiger partial charge in [-0.25, -0.2) is 4.39 Å². The molecule has 0 aliphatic heterocycles. The molecular formula is C11H16FNS. The second kappa shape index (κ2) is 4.69. The van der Waals surface area contributed by atoms with Crippen molar-refractivity contribution in [2.24, 2.45) is 0 Å². The molecule has 0 saturated carbocycles. The van der Waals surface area contributed by atoms with E-state index in [2.05, 4.69) is 13.8 Å². The molecule has 0 heterocycles. The summed E-state index contributed by atoms with van der Waals surface area (Å²) in [6.45, 7) is 4.15. The molecule has 0 spiro atoms. The average Bonchev–Trinajstić information content (AvgIpc) is 2.16. The first kappa shape index (κ1) is 11.4. The summed E-state index contributed by atoms with van der Waals surface area (Å²) in [4.78, 5) is 0. The van der Waals surface area contributed by atoms with Crippen molar-refractivity contribution in [2.75, 3.05) is 17.6 Å². The molecule has 0 saturated heterocycles. The third kappa shape index (κ3) is 2.21. The van der Waals surface area contributed by atoms with Crippen molar-refractivity contribution in [2.45, 2.75) is 19.8 Å². The van der Waals surface area contributed by atoms with Crippen LogP contribution < -0.4 is 4.31 Å². The standard InChI is InChI=1S/C11H16FNS/c1-8(2)9-6-5-7-10(12)11(9)13(3)14-4/h5-8H,1-4H3. The van der Waals surface area contributed by atoms with Gasteiger partial charge in [0.2, 0.25) is 0 Å². The lowest BCUT2D eigenvalue weighted by molar-refractivity contribution is 0.625. The van der Waals surface area contributed by atoms with Gasteiger partial charge >= 0.3 is 0 Å². The van der Waals surface area contributed by atoms with Crippen molar-refractivity contribution in [1.29, 1.82) is 0 Å². The van der Waals surface area contributed by atoms with Gasteiger partial charge in [0.1, 0.15) is 5.82 Å². The fourth-order valence-electron chi connectivity index (χ4n) is 1.42. The van der Waals surface area contributed by atoms with E-state index in [4.69, 9.17) is 0 Å². The Hall–Kier alpha value is -0.700. The van der Waals surface area contributed by atoms with E-state index >= 15 is 0 Å². The van der Waals surface area contributed by atoms with E-state index < -0.39 is 0 Å². The second-order valence-corrected chi connectivity index (χ2v) is 4.43. The van der Waals surface area contributed by atoms with Crippen LogP contribution in [0.2, 0.25) is 0 Å². The Morgan fingerprint density at radius 3 is 2.50 bits per heavy atom. The van der Waals surface area contributed by atoms with Crippen LogP contribution in [0.1, 0.15) is 25.3 Å². The maximum absolute atomic E-state index is 13.6. The molecule has 0 aliphatic rings. The third-order valence-corrected chi connectivity index (χ3v) is 2.96. The molecule has 0 aromatic heterocycles. The van der Waals surface area contributed by atoms with Crippen LogP contribution in [0.3, 0.4) is 0 Å². The fourth-order valence-corrected chi connectivity index (χ4v) is 1.80. The molecule has 0 radical (unpaired) electrons. The zero-order chi connectivity index (χ0) is 10.7. The highest BCUT2D eigenvalue weighted by Crippen LogP contribution is 2.31. The normalized spacial score (nSPS) is 10.7. The lowest BCUT2D eigenvalue weighted by Crippen LogP contribution is -2.11. The number of benzene rings is 1. The third-order valence-electron chi connectivity index (χ3n) is 2.23. The van der Waals surface area contributed by atoms with Crippen LogP contribution >= 0.6 is 11.9 Å². The summed E-state index contributed by atoms with van der Waals surface area (Å²) >= 11 is 1.52. The Balaban J connectivity index is 3.22. The largest absolute Gasteiger partial charge is 0.317 e. The summed E-state index contributed by atoms with van der Waals surface area (Å²) in [7, 11) is 1.88. The van der Waals surface area contributed by atoms with Gasteiger partial charge in [-0.3, -0.25) is 0 Å². The number of hydrogen-bond donors (Lipinski definition) is 0. The topological polar surface area (TPSA) is 3.24 Å². The lowest BCUT2D eigenvalue weighted by Gasteiger charge is -2.21. The summed E-state index contributed by atoms with van der Waals surface area (Å²) in [5.74, 6) is 0.198. The van der Waals surface area contributed by atoms with E-state index in [0.717, 1.165) is 5.56 Å². The zero-order valence-electron chi connectivity index (χ0n) is 9.04. The van der Waals surface area contributed by atoms with Crippen LogP contribution in [0, 0.1) is 5.82 Å². The summed E-state index contributed by atoms with van der Waals surface area (Å²) in [6.07, 6.45) is 1.94. The molecule has 1 aromatic rings. The molecule has 1 rings (SSSR count). The smallest absolute Gasteiger partial charge is 0.147 e. The minimum atomic E-state index is -0.145. The van der Waals surface area contributed by atoms with Gasteiger partial charge in [-0.15, -0.1) is 0 Å². The van der Waals surface area contributed by atoms with Gasteiger partial charge < -0.3 is 4.31 Å². The molecule has 0 unspecified atom stereocenters. The van der Waals surface area contributed by atoms with Crippen LogP contribution in [0.25, 0.3) is 0 Å². The molecule has 3 heteroatoms. The summed E-state index contributed by atoms with van der Waals surface area (Å²) in [5.41, 5.74) is 1.76. The van der Waals surface area contributed by atoms with Crippen molar-refractivity contribution >= 4 is 17.6 Å². The molecule has 0 aliphatic carbocycles. The Kier molecular flexibility index (Phi) is 3.81. The van der Waals surface area contributed by atoms with Crippen molar-refractivity contribution in [3.63, 3.8) is 0 Å². The monoisotopic (exact) mass is 213 g/mol. The second-order valence-electron chi connectivity index (χ2n) is 3.51. The van der Waals surface area contributed by atoms with E-state index in [1.807, 2.05) is 23.7 Å². The van der Waals surface area contributed by atoms with Gasteiger partial charge in [0, 0.05) is 13.3 Å². The predicted octanol–water partition coefficient (Wildman–Crippen LogP) is 3.66. The predicted molar refractivity (Wildman–Crippen MR) is 62.4 cm³/mol. The van der Waals surface area contributed by atoms with Gasteiger partial charge in [-0.2, -0.15) is 0 Å². The molecule has 0 atom stereocenters. The quantitative estimate of drug-likeness (QED) is 0.705. The first-order valence-electron chi connectivity index (χ1n) is 4.64. The molecule has 0 bridgehead atoms. The van der Waals surface area contributed by atoms with E-state index in [9.17, 15) is 4.39 Å². The van der Waals surface area contributed by atoms with Gasteiger partial charge in [-0.05, 0) is 17.5 Å². The summed E-state index contributed by atoms with van der Waals surface area (Å²) in [5, 5.41) is 0. The summed E-state index contributed by atoms with van der Waals surface area (Å²) < 4.78 is 15.5. The van der Waals surface area contributed by atoms with E-state index in [0.29, 0.717) is 11.6 Å². The first-order valence-corrected chi connectivity index (χ1v) is 5.82. The minimum Gasteiger partial charge on any atom is -0.317 e. The van der Waals surface area contributed by atoms with Gasteiger partial charge in [0.25, 0.3) is 0 Å². The van der Waals surface area contributed by atoms with E-state index in [1.54, 1.807) is 6.07 Å². The number of halogens is 1. The van der Waals surface area contributed by atoms with Crippen molar-refractivity contribution in [3.05, 3.63) is 29.6 Å². The summed E-state index contributed by atoms with van der Waals surface area (Å²) in [6, 6.07) is 5.26. The highest BCUT2D eigenvalue weighted by atomic mass is 32.2. The average molecular weight is 213 g/mol. The number of para-hydroxylation sites is 1.